The third-order valence-corrected chi connectivity index (χ3v) is 4.40. The van der Waals surface area contributed by atoms with E-state index >= 15 is 0 Å². The Kier molecular flexibility index (Phi) is 7.76. The van der Waals surface area contributed by atoms with Crippen LogP contribution in [0.15, 0.2) is 30.3 Å². The van der Waals surface area contributed by atoms with E-state index in [1.54, 1.807) is 0 Å². The summed E-state index contributed by atoms with van der Waals surface area (Å²) in [5, 5.41) is 0. The van der Waals surface area contributed by atoms with E-state index < -0.39 is 0 Å². The number of nitrogens with two attached hydrogens (primary N) is 1. The van der Waals surface area contributed by atoms with Crippen LogP contribution >= 0.6 is 12.4 Å². The van der Waals surface area contributed by atoms with E-state index in [9.17, 15) is 4.79 Å². The fourth-order valence-electron chi connectivity index (χ4n) is 3.13. The highest BCUT2D eigenvalue weighted by Crippen LogP contribution is 2.26. The molecule has 2 N–H and O–H groups in total. The van der Waals surface area contributed by atoms with Gasteiger partial charge in [-0.15, -0.1) is 12.4 Å². The number of rotatable bonds is 5. The maximum absolute atomic E-state index is 12.6. The zero-order valence-corrected chi connectivity index (χ0v) is 13.6. The standard InChI is InChI=1S/C17H26N2O.ClH/c1-2-14(15-8-4-3-5-9-15)12-17(20)19-11-7-6-10-16(19)13-18;/h3-5,8-9,14,16H,2,6-7,10-13,18H2,1H3;1H. The average Bonchev–Trinajstić information content (AvgIpc) is 2.53. The molecule has 1 fully saturated rings. The maximum Gasteiger partial charge on any atom is 0.223 e. The number of carbonyl (C=O) groups excluding carboxylic acids is 1. The molecule has 0 saturated carbocycles. The second kappa shape index (κ2) is 9.06. The number of hydrogen-bond acceptors (Lipinski definition) is 2. The predicted molar refractivity (Wildman–Crippen MR) is 89.7 cm³/mol. The molecule has 1 aliphatic heterocycles. The normalized spacial score (nSPS) is 19.7. The lowest BCUT2D eigenvalue weighted by Gasteiger charge is -2.36. The van der Waals surface area contributed by atoms with E-state index in [0.717, 1.165) is 25.8 Å². The van der Waals surface area contributed by atoms with Crippen LogP contribution in [0.1, 0.15) is 50.5 Å². The molecular weight excluding hydrogens is 284 g/mol. The van der Waals surface area contributed by atoms with Gasteiger partial charge in [-0.25, -0.2) is 0 Å². The molecule has 0 aromatic heterocycles. The number of nitrogens with zero attached hydrogens (tertiary/aromatic N) is 1. The Labute approximate surface area is 134 Å². The number of piperidine rings is 1. The predicted octanol–water partition coefficient (Wildman–Crippen LogP) is 3.33. The highest BCUT2D eigenvalue weighted by molar-refractivity contribution is 5.85. The van der Waals surface area contributed by atoms with Crippen molar-refractivity contribution in [2.24, 2.45) is 5.73 Å². The molecule has 3 nitrogen and oxygen atoms in total. The van der Waals surface area contributed by atoms with Crippen molar-refractivity contribution in [2.45, 2.75) is 51.0 Å². The molecule has 21 heavy (non-hydrogen) atoms. The molecule has 4 heteroatoms. The van der Waals surface area contributed by atoms with Crippen molar-refractivity contribution in [3.63, 3.8) is 0 Å². The smallest absolute Gasteiger partial charge is 0.223 e. The fourth-order valence-corrected chi connectivity index (χ4v) is 3.13. The number of hydrogen-bond donors (Lipinski definition) is 1. The quantitative estimate of drug-likeness (QED) is 0.906. The van der Waals surface area contributed by atoms with Crippen LogP contribution in [0.3, 0.4) is 0 Å². The number of amides is 1. The van der Waals surface area contributed by atoms with Crippen LogP contribution < -0.4 is 5.73 Å². The van der Waals surface area contributed by atoms with Gasteiger partial charge in [0, 0.05) is 25.6 Å². The van der Waals surface area contributed by atoms with Crippen LogP contribution in [-0.2, 0) is 4.79 Å². The van der Waals surface area contributed by atoms with Crippen LogP contribution in [-0.4, -0.2) is 29.9 Å². The second-order valence-electron chi connectivity index (χ2n) is 5.69. The zero-order chi connectivity index (χ0) is 14.4. The first-order valence-electron chi connectivity index (χ1n) is 7.80. The Hall–Kier alpha value is -1.06. The van der Waals surface area contributed by atoms with Crippen LogP contribution in [0.25, 0.3) is 0 Å². The molecule has 1 aromatic carbocycles. The highest BCUT2D eigenvalue weighted by atomic mass is 35.5. The first-order valence-corrected chi connectivity index (χ1v) is 7.80. The summed E-state index contributed by atoms with van der Waals surface area (Å²) < 4.78 is 0. The molecule has 2 unspecified atom stereocenters. The van der Waals surface area contributed by atoms with Crippen molar-refractivity contribution in [1.82, 2.24) is 4.90 Å². The lowest BCUT2D eigenvalue weighted by Crippen LogP contribution is -2.47. The van der Waals surface area contributed by atoms with Gasteiger partial charge >= 0.3 is 0 Å². The van der Waals surface area contributed by atoms with Crippen molar-refractivity contribution in [1.29, 1.82) is 0 Å². The summed E-state index contributed by atoms with van der Waals surface area (Å²) in [5.41, 5.74) is 7.08. The fraction of sp³-hybridized carbons (Fsp3) is 0.588. The van der Waals surface area contributed by atoms with Crippen molar-refractivity contribution in [3.8, 4) is 0 Å². The van der Waals surface area contributed by atoms with E-state index in [0.29, 0.717) is 18.9 Å². The van der Waals surface area contributed by atoms with Gasteiger partial charge in [0.1, 0.15) is 0 Å². The second-order valence-corrected chi connectivity index (χ2v) is 5.69. The molecule has 118 valence electrons. The minimum absolute atomic E-state index is 0. The maximum atomic E-state index is 12.6. The van der Waals surface area contributed by atoms with E-state index in [4.69, 9.17) is 5.73 Å². The van der Waals surface area contributed by atoms with Gasteiger partial charge in [-0.3, -0.25) is 4.79 Å². The zero-order valence-electron chi connectivity index (χ0n) is 12.8. The Morgan fingerprint density at radius 2 is 2.05 bits per heavy atom. The molecule has 1 aromatic rings. The molecule has 0 spiro atoms. The number of likely N-dealkylation sites (tertiary alicyclic amines) is 1. The van der Waals surface area contributed by atoms with Gasteiger partial charge in [0.25, 0.3) is 0 Å². The van der Waals surface area contributed by atoms with Crippen molar-refractivity contribution in [2.75, 3.05) is 13.1 Å². The molecule has 1 aliphatic rings. The third-order valence-electron chi connectivity index (χ3n) is 4.40. The molecule has 0 aliphatic carbocycles. The number of halogens is 1. The Morgan fingerprint density at radius 3 is 2.67 bits per heavy atom. The summed E-state index contributed by atoms with van der Waals surface area (Å²) in [6, 6.07) is 10.6. The van der Waals surface area contributed by atoms with Gasteiger partial charge in [0.2, 0.25) is 5.91 Å². The molecule has 1 saturated heterocycles. The minimum Gasteiger partial charge on any atom is -0.338 e. The molecular formula is C17H27ClN2O. The summed E-state index contributed by atoms with van der Waals surface area (Å²) in [7, 11) is 0. The highest BCUT2D eigenvalue weighted by Gasteiger charge is 2.27. The summed E-state index contributed by atoms with van der Waals surface area (Å²) in [6.45, 7) is 3.63. The first kappa shape index (κ1) is 18.0. The first-order chi connectivity index (χ1) is 9.76. The van der Waals surface area contributed by atoms with Gasteiger partial charge < -0.3 is 10.6 Å². The van der Waals surface area contributed by atoms with E-state index in [2.05, 4.69) is 19.1 Å². The van der Waals surface area contributed by atoms with E-state index in [-0.39, 0.29) is 24.4 Å². The Balaban J connectivity index is 0.00000220. The lowest BCUT2D eigenvalue weighted by molar-refractivity contribution is -0.135. The molecule has 0 bridgehead atoms. The van der Waals surface area contributed by atoms with Crippen molar-refractivity contribution < 1.29 is 4.79 Å². The molecule has 2 atom stereocenters. The van der Waals surface area contributed by atoms with Crippen LogP contribution in [0.4, 0.5) is 0 Å². The monoisotopic (exact) mass is 310 g/mol. The minimum atomic E-state index is 0. The SMILES string of the molecule is CCC(CC(=O)N1CCCCC1CN)c1ccccc1.Cl. The van der Waals surface area contributed by atoms with Gasteiger partial charge in [-0.2, -0.15) is 0 Å². The van der Waals surface area contributed by atoms with E-state index in [1.165, 1.54) is 12.0 Å². The average molecular weight is 311 g/mol. The summed E-state index contributed by atoms with van der Waals surface area (Å²) in [6.07, 6.45) is 4.98. The largest absolute Gasteiger partial charge is 0.338 e. The van der Waals surface area contributed by atoms with Crippen molar-refractivity contribution >= 4 is 18.3 Å². The lowest BCUT2D eigenvalue weighted by atomic mass is 9.91. The van der Waals surface area contributed by atoms with Gasteiger partial charge in [0.15, 0.2) is 0 Å². The Bertz CT molecular complexity index is 424. The van der Waals surface area contributed by atoms with Gasteiger partial charge in [-0.1, -0.05) is 37.3 Å². The van der Waals surface area contributed by atoms with Crippen LogP contribution in [0.2, 0.25) is 0 Å². The summed E-state index contributed by atoms with van der Waals surface area (Å²) in [5.74, 6) is 0.597. The summed E-state index contributed by atoms with van der Waals surface area (Å²) in [4.78, 5) is 14.6. The molecule has 1 heterocycles. The van der Waals surface area contributed by atoms with Crippen molar-refractivity contribution in [3.05, 3.63) is 35.9 Å². The molecule has 2 rings (SSSR count). The number of benzene rings is 1. The third kappa shape index (κ3) is 4.72. The molecule has 0 radical (unpaired) electrons. The van der Waals surface area contributed by atoms with Gasteiger partial charge in [0.05, 0.1) is 0 Å². The molecule has 1 amide bonds. The Morgan fingerprint density at radius 1 is 1.33 bits per heavy atom. The van der Waals surface area contributed by atoms with Crippen LogP contribution in [0.5, 0.6) is 0 Å². The number of carbonyl (C=O) groups is 1. The van der Waals surface area contributed by atoms with E-state index in [1.807, 2.05) is 23.1 Å². The topological polar surface area (TPSA) is 46.3 Å². The van der Waals surface area contributed by atoms with Gasteiger partial charge in [-0.05, 0) is 37.2 Å². The van der Waals surface area contributed by atoms with Crippen LogP contribution in [0, 0.1) is 0 Å². The summed E-state index contributed by atoms with van der Waals surface area (Å²) >= 11 is 0.